The topological polar surface area (TPSA) is 137 Å². The van der Waals surface area contributed by atoms with Crippen molar-refractivity contribution in [3.05, 3.63) is 17.7 Å². The Morgan fingerprint density at radius 3 is 1.18 bits per heavy atom. The van der Waals surface area contributed by atoms with Crippen LogP contribution in [0.3, 0.4) is 0 Å². The molecule has 0 heterocycles. The maximum Gasteiger partial charge on any atom is 0.457 e. The van der Waals surface area contributed by atoms with E-state index in [4.69, 9.17) is 18.9 Å². The highest BCUT2D eigenvalue weighted by Crippen LogP contribution is 2.52. The fourth-order valence-electron chi connectivity index (χ4n) is 4.77. The van der Waals surface area contributed by atoms with Gasteiger partial charge in [-0.1, -0.05) is 0 Å². The van der Waals surface area contributed by atoms with Crippen molar-refractivity contribution in [2.45, 2.75) is 98.4 Å². The number of carbonyl (C=O) groups excluding carboxylic acids is 1. The summed E-state index contributed by atoms with van der Waals surface area (Å²) < 4.78 is 383. The summed E-state index contributed by atoms with van der Waals surface area (Å²) in [6.45, 7) is -13.5. The molecule has 1 rings (SSSR count). The van der Waals surface area contributed by atoms with Crippen molar-refractivity contribution in [2.24, 2.45) is 0 Å². The summed E-state index contributed by atoms with van der Waals surface area (Å²) in [4.78, 5) is 12.5. The Balaban J connectivity index is 3.51. The van der Waals surface area contributed by atoms with Gasteiger partial charge in [0.05, 0.1) is 39.1 Å². The van der Waals surface area contributed by atoms with Gasteiger partial charge in [-0.3, -0.25) is 14.2 Å². The number of rotatable bonds is 32. The number of benzene rings is 1. The maximum atomic E-state index is 14.9. The van der Waals surface area contributed by atoms with Gasteiger partial charge >= 0.3 is 72.4 Å². The van der Waals surface area contributed by atoms with Crippen LogP contribution in [-0.2, 0) is 47.4 Å². The minimum Gasteiger partial charge on any atom is -0.489 e. The minimum atomic E-state index is -6.86. The molecule has 1 aromatic carbocycles. The average molecular weight is 1150 g/mol. The summed E-state index contributed by atoms with van der Waals surface area (Å²) in [5.74, 6) is -36.1. The first kappa shape index (κ1) is 68.1. The van der Waals surface area contributed by atoms with Crippen LogP contribution in [0.25, 0.3) is 0 Å². The highest BCUT2D eigenvalue weighted by molar-refractivity contribution is 5.91. The molecule has 0 aliphatic rings. The molecule has 436 valence electrons. The SMILES string of the molecule is COC(=O)c1cc(OCCCOCC(F)(OC(F)(F)C(F)(OC)C(F)(F)F)C(F)(F)F)c(OCCOCC(F)(OC(F)(F)C(F)(OC)C(F)(F)F)C(F)(F)F)c(OCCOCC(C)(F)OC(F)(F)C(C)(F)OC)c1. The van der Waals surface area contributed by atoms with Crippen molar-refractivity contribution in [1.29, 1.82) is 0 Å². The van der Waals surface area contributed by atoms with Gasteiger partial charge in [0.25, 0.3) is 5.85 Å². The van der Waals surface area contributed by atoms with Crippen molar-refractivity contribution in [1.82, 2.24) is 0 Å². The second-order valence-electron chi connectivity index (χ2n) is 14.5. The van der Waals surface area contributed by atoms with Crippen molar-refractivity contribution in [3.8, 4) is 17.2 Å². The molecule has 0 aromatic heterocycles. The first-order valence-corrected chi connectivity index (χ1v) is 19.3. The molecule has 6 unspecified atom stereocenters. The lowest BCUT2D eigenvalue weighted by Crippen LogP contribution is -2.63. The highest BCUT2D eigenvalue weighted by Gasteiger charge is 2.79. The van der Waals surface area contributed by atoms with Crippen LogP contribution in [-0.4, -0.2) is 172 Å². The lowest BCUT2D eigenvalue weighted by Gasteiger charge is -2.37. The predicted molar refractivity (Wildman–Crippen MR) is 189 cm³/mol. The summed E-state index contributed by atoms with van der Waals surface area (Å²) in [5, 5.41) is 0. The predicted octanol–water partition coefficient (Wildman–Crippen LogP) is 10.1. The third kappa shape index (κ3) is 16.5. The van der Waals surface area contributed by atoms with Crippen LogP contribution in [0.15, 0.2) is 12.1 Å². The molecule has 0 aliphatic carbocycles. The zero-order valence-corrected chi connectivity index (χ0v) is 38.0. The van der Waals surface area contributed by atoms with Gasteiger partial charge in [-0.2, -0.15) is 96.6 Å². The Kier molecular flexibility index (Phi) is 22.6. The van der Waals surface area contributed by atoms with Gasteiger partial charge < -0.3 is 47.4 Å². The summed E-state index contributed by atoms with van der Waals surface area (Å²) in [5.41, 5.74) is -0.661. The second kappa shape index (κ2) is 24.6. The third-order valence-corrected chi connectivity index (χ3v) is 8.74. The van der Waals surface area contributed by atoms with Gasteiger partial charge in [0.2, 0.25) is 11.6 Å². The normalized spacial score (nSPS) is 18.5. The Morgan fingerprint density at radius 2 is 0.811 bits per heavy atom. The number of halogens is 24. The number of carbonyl (C=O) groups is 1. The monoisotopic (exact) mass is 1150 g/mol. The van der Waals surface area contributed by atoms with Crippen LogP contribution in [0, 0.1) is 0 Å². The van der Waals surface area contributed by atoms with Crippen molar-refractivity contribution < 1.29 is 172 Å². The summed E-state index contributed by atoms with van der Waals surface area (Å²) in [6, 6.07) is 1.27. The van der Waals surface area contributed by atoms with E-state index in [1.54, 1.807) is 0 Å². The van der Waals surface area contributed by atoms with Crippen molar-refractivity contribution in [2.75, 3.05) is 87.9 Å². The first-order valence-electron chi connectivity index (χ1n) is 19.3. The van der Waals surface area contributed by atoms with Crippen LogP contribution in [0.4, 0.5) is 105 Å². The quantitative estimate of drug-likeness (QED) is 0.0384. The fraction of sp³-hybridized carbons (Fsp3) is 0.806. The molecule has 0 bridgehead atoms. The molecule has 74 heavy (non-hydrogen) atoms. The van der Waals surface area contributed by atoms with Crippen molar-refractivity contribution >= 4 is 5.97 Å². The number of ether oxygens (including phenoxy) is 13. The molecule has 0 amide bonds. The zero-order chi connectivity index (χ0) is 58.1. The van der Waals surface area contributed by atoms with Crippen LogP contribution >= 0.6 is 0 Å². The standard InChI is InChI=1S/C36H40F24O14/c1-24(37,72-34(55,56)25(2,38)63-4)16-67-10-12-70-21-15-19(23(61)62-3)14-20(69-9-7-8-66-17-26(39,30(43,44)45)73-35(57,58)28(41,64-5)32(49,50)51)22(21)71-13-11-68-18-27(40,31(46,47)48)74-36(59,60)29(42,65-6)33(52,53)54/h14-15H,7-13,16-18H2,1-6H3. The fourth-order valence-corrected chi connectivity index (χ4v) is 4.77. The Labute approximate surface area is 399 Å². The molecule has 0 aliphatic heterocycles. The second-order valence-corrected chi connectivity index (χ2v) is 14.5. The van der Waals surface area contributed by atoms with E-state index < -0.39 is 180 Å². The van der Waals surface area contributed by atoms with E-state index in [0.717, 1.165) is 7.11 Å². The summed E-state index contributed by atoms with van der Waals surface area (Å²) in [6.07, 6.45) is -46.5. The molecule has 0 N–H and O–H groups in total. The molecule has 0 radical (unpaired) electrons. The molecular weight excluding hydrogens is 1110 g/mol. The van der Waals surface area contributed by atoms with Crippen molar-refractivity contribution in [3.63, 3.8) is 0 Å². The van der Waals surface area contributed by atoms with E-state index in [2.05, 4.69) is 42.6 Å². The number of hydrogen-bond acceptors (Lipinski definition) is 14. The molecule has 6 atom stereocenters. The average Bonchev–Trinajstić information content (AvgIpc) is 3.24. The van der Waals surface area contributed by atoms with E-state index in [1.807, 2.05) is 0 Å². The Bertz CT molecular complexity index is 1930. The van der Waals surface area contributed by atoms with Crippen LogP contribution < -0.4 is 14.2 Å². The van der Waals surface area contributed by atoms with E-state index >= 15 is 0 Å². The molecule has 1 aromatic rings. The number of hydrogen-bond donors (Lipinski definition) is 0. The molecule has 38 heteroatoms. The molecule has 0 saturated carbocycles. The third-order valence-electron chi connectivity index (χ3n) is 8.74. The lowest BCUT2D eigenvalue weighted by molar-refractivity contribution is -0.503. The Morgan fingerprint density at radius 1 is 0.432 bits per heavy atom. The molecule has 0 fully saturated rings. The van der Waals surface area contributed by atoms with Gasteiger partial charge in [-0.25, -0.2) is 13.6 Å². The van der Waals surface area contributed by atoms with E-state index in [1.165, 1.54) is 0 Å². The van der Waals surface area contributed by atoms with Crippen LogP contribution in [0.2, 0.25) is 0 Å². The van der Waals surface area contributed by atoms with Gasteiger partial charge in [-0.05, 0) is 19.1 Å². The van der Waals surface area contributed by atoms with Crippen LogP contribution in [0.5, 0.6) is 17.2 Å². The summed E-state index contributed by atoms with van der Waals surface area (Å²) in [7, 11) is 0.433. The van der Waals surface area contributed by atoms with E-state index in [9.17, 15) is 110 Å². The molecule has 0 saturated heterocycles. The minimum absolute atomic E-state index is 0.164. The van der Waals surface area contributed by atoms with Crippen LogP contribution in [0.1, 0.15) is 30.6 Å². The van der Waals surface area contributed by atoms with Gasteiger partial charge in [0.15, 0.2) is 11.5 Å². The zero-order valence-electron chi connectivity index (χ0n) is 38.0. The molecule has 14 nitrogen and oxygen atoms in total. The van der Waals surface area contributed by atoms with E-state index in [0.29, 0.717) is 26.2 Å². The van der Waals surface area contributed by atoms with Gasteiger partial charge in [-0.15, -0.1) is 0 Å². The molecular formula is C36H40F24O14. The molecule has 0 spiro atoms. The maximum absolute atomic E-state index is 14.9. The van der Waals surface area contributed by atoms with Gasteiger partial charge in [0, 0.05) is 34.7 Å². The number of alkyl halides is 24. The summed E-state index contributed by atoms with van der Waals surface area (Å²) >= 11 is 0. The van der Waals surface area contributed by atoms with E-state index in [-0.39, 0.29) is 14.0 Å². The smallest absolute Gasteiger partial charge is 0.457 e. The van der Waals surface area contributed by atoms with Gasteiger partial charge in [0.1, 0.15) is 33.0 Å². The Hall–Kier alpha value is -3.95. The number of methoxy groups -OCH3 is 4. The largest absolute Gasteiger partial charge is 0.489 e. The lowest BCUT2D eigenvalue weighted by atomic mass is 10.2. The number of esters is 1. The first-order chi connectivity index (χ1) is 33.2. The highest BCUT2D eigenvalue weighted by atomic mass is 19.4.